The Kier molecular flexibility index (Phi) is 5.37. The maximum Gasteiger partial charge on any atom is 0.320 e. The van der Waals surface area contributed by atoms with Gasteiger partial charge in [0.05, 0.1) is 19.3 Å². The summed E-state index contributed by atoms with van der Waals surface area (Å²) in [7, 11) is 0. The van der Waals surface area contributed by atoms with Crippen LogP contribution in [0.15, 0.2) is 0 Å². The van der Waals surface area contributed by atoms with Crippen LogP contribution in [0.25, 0.3) is 0 Å². The standard InChI is InChI=1S/C12H21NO5/c14-12(15)10-7-9(8-13-10)16-5-6-18-11-3-1-2-4-17-11/h9-11,13H,1-8H2,(H,14,15)/t9-,10+,11?/m1/s1. The monoisotopic (exact) mass is 259 g/mol. The van der Waals surface area contributed by atoms with Gasteiger partial charge in [-0.25, -0.2) is 0 Å². The Balaban J connectivity index is 1.52. The van der Waals surface area contributed by atoms with Gasteiger partial charge < -0.3 is 24.6 Å². The summed E-state index contributed by atoms with van der Waals surface area (Å²) in [5.41, 5.74) is 0. The molecule has 0 aliphatic carbocycles. The van der Waals surface area contributed by atoms with Gasteiger partial charge in [0.2, 0.25) is 0 Å². The van der Waals surface area contributed by atoms with Crippen LogP contribution in [-0.4, -0.2) is 55.9 Å². The summed E-state index contributed by atoms with van der Waals surface area (Å²) in [6.45, 7) is 2.35. The number of carboxylic acid groups (broad SMARTS) is 1. The molecule has 2 aliphatic heterocycles. The summed E-state index contributed by atoms with van der Waals surface area (Å²) in [5, 5.41) is 11.7. The molecule has 1 unspecified atom stereocenters. The number of carbonyl (C=O) groups is 1. The fraction of sp³-hybridized carbons (Fsp3) is 0.917. The predicted molar refractivity (Wildman–Crippen MR) is 63.3 cm³/mol. The Morgan fingerprint density at radius 2 is 2.17 bits per heavy atom. The molecule has 0 aromatic rings. The molecule has 3 atom stereocenters. The molecule has 0 aromatic heterocycles. The second kappa shape index (κ2) is 7.04. The van der Waals surface area contributed by atoms with E-state index in [1.807, 2.05) is 0 Å². The largest absolute Gasteiger partial charge is 0.480 e. The van der Waals surface area contributed by atoms with Crippen molar-refractivity contribution in [2.45, 2.75) is 44.1 Å². The molecule has 18 heavy (non-hydrogen) atoms. The van der Waals surface area contributed by atoms with Crippen molar-refractivity contribution in [3.05, 3.63) is 0 Å². The zero-order chi connectivity index (χ0) is 12.8. The van der Waals surface area contributed by atoms with Gasteiger partial charge in [-0.3, -0.25) is 4.79 Å². The van der Waals surface area contributed by atoms with Gasteiger partial charge in [0.25, 0.3) is 0 Å². The van der Waals surface area contributed by atoms with E-state index in [1.54, 1.807) is 0 Å². The molecule has 2 rings (SSSR count). The fourth-order valence-electron chi connectivity index (χ4n) is 2.26. The van der Waals surface area contributed by atoms with Crippen molar-refractivity contribution >= 4 is 5.97 Å². The summed E-state index contributed by atoms with van der Waals surface area (Å²) in [6.07, 6.45) is 3.62. The van der Waals surface area contributed by atoms with Crippen molar-refractivity contribution in [3.8, 4) is 0 Å². The molecule has 0 saturated carbocycles. The van der Waals surface area contributed by atoms with E-state index in [0.717, 1.165) is 25.9 Å². The van der Waals surface area contributed by atoms with E-state index in [2.05, 4.69) is 5.32 Å². The van der Waals surface area contributed by atoms with E-state index >= 15 is 0 Å². The number of hydrogen-bond donors (Lipinski definition) is 2. The SMILES string of the molecule is O=C(O)[C@@H]1C[C@@H](OCCOC2CCCCO2)CN1. The predicted octanol–water partition coefficient (Wildman–Crippen LogP) is 0.361. The first-order valence-electron chi connectivity index (χ1n) is 6.56. The average molecular weight is 259 g/mol. The van der Waals surface area contributed by atoms with Crippen LogP contribution in [0.2, 0.25) is 0 Å². The van der Waals surface area contributed by atoms with Crippen molar-refractivity contribution in [3.63, 3.8) is 0 Å². The number of nitrogens with one attached hydrogen (secondary N) is 1. The molecule has 6 heteroatoms. The fourth-order valence-corrected chi connectivity index (χ4v) is 2.26. The molecule has 0 amide bonds. The highest BCUT2D eigenvalue weighted by atomic mass is 16.7. The highest BCUT2D eigenvalue weighted by Gasteiger charge is 2.29. The van der Waals surface area contributed by atoms with Crippen LogP contribution in [0.5, 0.6) is 0 Å². The van der Waals surface area contributed by atoms with Crippen LogP contribution in [0.1, 0.15) is 25.7 Å². The lowest BCUT2D eigenvalue weighted by Crippen LogP contribution is -2.30. The maximum absolute atomic E-state index is 10.7. The first-order chi connectivity index (χ1) is 8.75. The maximum atomic E-state index is 10.7. The third-order valence-electron chi connectivity index (χ3n) is 3.27. The summed E-state index contributed by atoms with van der Waals surface area (Å²) in [6, 6.07) is -0.474. The molecule has 0 radical (unpaired) electrons. The molecule has 2 heterocycles. The van der Waals surface area contributed by atoms with Gasteiger partial charge in [0.1, 0.15) is 6.04 Å². The third-order valence-corrected chi connectivity index (χ3v) is 3.27. The van der Waals surface area contributed by atoms with Crippen molar-refractivity contribution in [2.24, 2.45) is 0 Å². The van der Waals surface area contributed by atoms with Gasteiger partial charge in [0, 0.05) is 19.6 Å². The number of ether oxygens (including phenoxy) is 3. The van der Waals surface area contributed by atoms with E-state index in [0.29, 0.717) is 26.2 Å². The Labute approximate surface area is 107 Å². The first-order valence-corrected chi connectivity index (χ1v) is 6.56. The Morgan fingerprint density at radius 1 is 1.33 bits per heavy atom. The average Bonchev–Trinajstić information content (AvgIpc) is 2.85. The molecular formula is C12H21NO5. The number of rotatable bonds is 6. The van der Waals surface area contributed by atoms with Gasteiger partial charge in [-0.1, -0.05) is 0 Å². The van der Waals surface area contributed by atoms with E-state index in [1.165, 1.54) is 0 Å². The van der Waals surface area contributed by atoms with Crippen LogP contribution >= 0.6 is 0 Å². The van der Waals surface area contributed by atoms with E-state index in [4.69, 9.17) is 19.3 Å². The molecule has 2 saturated heterocycles. The van der Waals surface area contributed by atoms with Crippen LogP contribution in [0, 0.1) is 0 Å². The zero-order valence-corrected chi connectivity index (χ0v) is 10.5. The van der Waals surface area contributed by atoms with Crippen molar-refractivity contribution in [1.29, 1.82) is 0 Å². The van der Waals surface area contributed by atoms with Crippen molar-refractivity contribution < 1.29 is 24.1 Å². The van der Waals surface area contributed by atoms with Gasteiger partial charge >= 0.3 is 5.97 Å². The lowest BCUT2D eigenvalue weighted by Gasteiger charge is -2.22. The Morgan fingerprint density at radius 3 is 2.83 bits per heavy atom. The van der Waals surface area contributed by atoms with E-state index in [-0.39, 0.29) is 12.4 Å². The number of hydrogen-bond acceptors (Lipinski definition) is 5. The smallest absolute Gasteiger partial charge is 0.320 e. The van der Waals surface area contributed by atoms with E-state index in [9.17, 15) is 4.79 Å². The normalized spacial score (nSPS) is 32.6. The van der Waals surface area contributed by atoms with Crippen molar-refractivity contribution in [2.75, 3.05) is 26.4 Å². The minimum absolute atomic E-state index is 0.0259. The van der Waals surface area contributed by atoms with Crippen molar-refractivity contribution in [1.82, 2.24) is 5.32 Å². The van der Waals surface area contributed by atoms with Gasteiger partial charge in [-0.05, 0) is 19.3 Å². The number of carboxylic acids is 1. The molecule has 2 N–H and O–H groups in total. The van der Waals surface area contributed by atoms with Crippen LogP contribution in [-0.2, 0) is 19.0 Å². The molecule has 2 aliphatic rings. The summed E-state index contributed by atoms with van der Waals surface area (Å²) in [5.74, 6) is -0.812. The highest BCUT2D eigenvalue weighted by molar-refractivity contribution is 5.73. The lowest BCUT2D eigenvalue weighted by molar-refractivity contribution is -0.171. The summed E-state index contributed by atoms with van der Waals surface area (Å²) < 4.78 is 16.5. The molecule has 104 valence electrons. The summed E-state index contributed by atoms with van der Waals surface area (Å²) >= 11 is 0. The van der Waals surface area contributed by atoms with Crippen LogP contribution in [0.3, 0.4) is 0 Å². The van der Waals surface area contributed by atoms with Gasteiger partial charge in [-0.2, -0.15) is 0 Å². The van der Waals surface area contributed by atoms with Crippen LogP contribution < -0.4 is 5.32 Å². The second-order valence-corrected chi connectivity index (χ2v) is 4.69. The zero-order valence-electron chi connectivity index (χ0n) is 10.5. The minimum Gasteiger partial charge on any atom is -0.480 e. The number of aliphatic carboxylic acids is 1. The molecule has 2 fully saturated rings. The molecule has 0 aromatic carbocycles. The topological polar surface area (TPSA) is 77.0 Å². The second-order valence-electron chi connectivity index (χ2n) is 4.69. The molecular weight excluding hydrogens is 238 g/mol. The van der Waals surface area contributed by atoms with Gasteiger partial charge in [-0.15, -0.1) is 0 Å². The quantitative estimate of drug-likeness (QED) is 0.671. The highest BCUT2D eigenvalue weighted by Crippen LogP contribution is 2.14. The molecule has 0 spiro atoms. The summed E-state index contributed by atoms with van der Waals surface area (Å²) in [4.78, 5) is 10.7. The third kappa shape index (κ3) is 4.20. The van der Waals surface area contributed by atoms with E-state index < -0.39 is 12.0 Å². The molecule has 6 nitrogen and oxygen atoms in total. The van der Waals surface area contributed by atoms with Crippen LogP contribution in [0.4, 0.5) is 0 Å². The Hall–Kier alpha value is -0.690. The first kappa shape index (κ1) is 13.7. The molecule has 0 bridgehead atoms. The lowest BCUT2D eigenvalue weighted by atomic mass is 10.2. The Bertz CT molecular complexity index is 267. The minimum atomic E-state index is -0.812. The van der Waals surface area contributed by atoms with Gasteiger partial charge in [0.15, 0.2) is 6.29 Å².